The van der Waals surface area contributed by atoms with Gasteiger partial charge in [-0.1, -0.05) is 376 Å². The lowest BCUT2D eigenvalue weighted by Crippen LogP contribution is -2.52. The van der Waals surface area contributed by atoms with Crippen molar-refractivity contribution in [2.45, 2.75) is 447 Å². The number of rotatable bonds is 0. The van der Waals surface area contributed by atoms with E-state index in [0.717, 1.165) is 71.7 Å². The predicted molar refractivity (Wildman–Crippen MR) is 514 cm³/mol. The molecule has 0 radical (unpaired) electrons. The molecule has 4 unspecified atom stereocenters. The standard InChI is InChI=1S/C22H27NO.C18H26N2O.C18H27NO.C14H27NO.15C2H6/c1-21(2,3)19-17-13-8-7-11-15(17)16-12-9-10-14-18(16)23(20(19)24)22(4,5)6;1-12-13-10-8-9-11-14(13)20(18(5,6)7)16(21)15(19-12)17(2,3)4;1-17(2,3)14-12-11-13-9-7-8-10-15(13)19(16(14)20)18(4,5)6;1-13(2,3)11-9-7-8-10-15(12(11)16)14(4,5)6;15*1-2/h7-14,19H,1-6H3;8-11,15H,1-7H3;7-10,14H,11-12H2,1-6H3;11H,7-10H2,1-6H3;15*1-2H3. The second kappa shape index (κ2) is 67.7. The van der Waals surface area contributed by atoms with Crippen LogP contribution in [-0.4, -0.2) is 69.0 Å². The van der Waals surface area contributed by atoms with E-state index in [0.29, 0.717) is 5.91 Å². The van der Waals surface area contributed by atoms with Crippen molar-refractivity contribution in [3.63, 3.8) is 0 Å². The number of carbonyl (C=O) groups is 4. The Balaban J connectivity index is -0.000000120. The highest BCUT2D eigenvalue weighted by molar-refractivity contribution is 6.12. The highest BCUT2D eigenvalue weighted by Crippen LogP contribution is 2.49. The summed E-state index contributed by atoms with van der Waals surface area (Å²) in [4.78, 5) is 65.3. The first-order valence-corrected chi connectivity index (χ1v) is 45.2. The van der Waals surface area contributed by atoms with E-state index >= 15 is 0 Å². The van der Waals surface area contributed by atoms with Crippen molar-refractivity contribution in [3.8, 4) is 11.1 Å². The Hall–Kier alpha value is -5.57. The maximum Gasteiger partial charge on any atom is 0.252 e. The van der Waals surface area contributed by atoms with Gasteiger partial charge in [-0.25, -0.2) is 0 Å². The summed E-state index contributed by atoms with van der Waals surface area (Å²) < 4.78 is 0. The van der Waals surface area contributed by atoms with Gasteiger partial charge >= 0.3 is 0 Å². The van der Waals surface area contributed by atoms with Crippen molar-refractivity contribution in [1.82, 2.24) is 4.90 Å². The Morgan fingerprint density at radius 1 is 0.297 bits per heavy atom. The molecule has 9 heteroatoms. The summed E-state index contributed by atoms with van der Waals surface area (Å²) >= 11 is 0. The molecule has 0 saturated carbocycles. The number of amides is 4. The molecule has 4 aliphatic rings. The lowest BCUT2D eigenvalue weighted by Gasteiger charge is -2.40. The van der Waals surface area contributed by atoms with Gasteiger partial charge in [0.2, 0.25) is 17.7 Å². The molecule has 4 amide bonds. The fourth-order valence-electron chi connectivity index (χ4n) is 12.2. The molecule has 111 heavy (non-hydrogen) atoms. The maximum absolute atomic E-state index is 13.7. The Kier molecular flexibility index (Phi) is 78.7. The van der Waals surface area contributed by atoms with Crippen LogP contribution in [0.5, 0.6) is 0 Å². The summed E-state index contributed by atoms with van der Waals surface area (Å²) in [5.41, 5.74) is 8.73. The number of para-hydroxylation sites is 3. The van der Waals surface area contributed by atoms with Crippen molar-refractivity contribution >= 4 is 46.4 Å². The quantitative estimate of drug-likeness (QED) is 0.175. The largest absolute Gasteiger partial charge is 0.338 e. The first-order chi connectivity index (χ1) is 51.9. The third-order valence-corrected chi connectivity index (χ3v) is 16.2. The lowest BCUT2D eigenvalue weighted by molar-refractivity contribution is -0.143. The van der Waals surface area contributed by atoms with Crippen LogP contribution in [0.1, 0.15) is 429 Å². The molecular formula is C102H197N5O4. The summed E-state index contributed by atoms with van der Waals surface area (Å²) in [6.07, 6.45) is 5.30. The first kappa shape index (κ1) is 129. The van der Waals surface area contributed by atoms with Crippen LogP contribution in [0.15, 0.2) is 102 Å². The van der Waals surface area contributed by atoms with E-state index < -0.39 is 0 Å². The molecule has 4 aromatic rings. The fourth-order valence-corrected chi connectivity index (χ4v) is 12.2. The average molecular weight is 1560 g/mol. The van der Waals surface area contributed by atoms with E-state index in [2.05, 4.69) is 226 Å². The molecule has 9 nitrogen and oxygen atoms in total. The van der Waals surface area contributed by atoms with Crippen molar-refractivity contribution in [3.05, 3.63) is 114 Å². The minimum absolute atomic E-state index is 0.00261. The van der Waals surface area contributed by atoms with Crippen LogP contribution < -0.4 is 14.7 Å². The minimum Gasteiger partial charge on any atom is -0.338 e. The third-order valence-electron chi connectivity index (χ3n) is 16.2. The lowest BCUT2D eigenvalue weighted by atomic mass is 9.74. The highest BCUT2D eigenvalue weighted by Gasteiger charge is 2.46. The van der Waals surface area contributed by atoms with E-state index in [1.807, 2.05) is 272 Å². The molecule has 0 bridgehead atoms. The zero-order valence-electron chi connectivity index (χ0n) is 85.2. The first-order valence-electron chi connectivity index (χ1n) is 45.2. The second-order valence-electron chi connectivity index (χ2n) is 31.6. The van der Waals surface area contributed by atoms with Gasteiger partial charge in [-0.3, -0.25) is 24.2 Å². The molecule has 4 aliphatic heterocycles. The normalized spacial score (nSPS) is 15.7. The number of nitrogens with zero attached hydrogens (tertiary/aromatic N) is 5. The van der Waals surface area contributed by atoms with E-state index in [9.17, 15) is 19.2 Å². The Bertz CT molecular complexity index is 2800. The SMILES string of the molecule is CC.CC.CC.CC.CC.CC.CC.CC.CC.CC.CC.CC.CC.CC.CC.CC(C)(C)C1C(=O)N(C(C)(C)C)c2ccccc2-c2ccccc21.CC(C)(C)C1CCCCN(C(C)(C)C)C1=O.CC(C)(C)C1CCc2ccccc2N(C(C)(C)C)C1=O.CC1=NC(C(C)(C)C)C(=O)N(C(C)(C)C)c2ccccc21. The zero-order valence-corrected chi connectivity index (χ0v) is 85.2. The molecule has 0 aliphatic carbocycles. The van der Waals surface area contributed by atoms with Gasteiger partial charge in [0.1, 0.15) is 6.04 Å². The van der Waals surface area contributed by atoms with Gasteiger partial charge < -0.3 is 19.6 Å². The van der Waals surface area contributed by atoms with E-state index in [1.54, 1.807) is 0 Å². The van der Waals surface area contributed by atoms with Gasteiger partial charge in [0.15, 0.2) is 0 Å². The van der Waals surface area contributed by atoms with E-state index in [1.165, 1.54) is 17.5 Å². The van der Waals surface area contributed by atoms with Crippen LogP contribution in [0.3, 0.4) is 0 Å². The van der Waals surface area contributed by atoms with Gasteiger partial charge in [-0.05, 0) is 172 Å². The molecule has 8 rings (SSSR count). The Labute approximate surface area is 698 Å². The molecule has 654 valence electrons. The molecular weight excluding hydrogens is 1360 g/mol. The monoisotopic (exact) mass is 1560 g/mol. The van der Waals surface area contributed by atoms with Gasteiger partial charge in [-0.2, -0.15) is 0 Å². The van der Waals surface area contributed by atoms with Crippen LogP contribution in [0.25, 0.3) is 11.1 Å². The van der Waals surface area contributed by atoms with E-state index in [4.69, 9.17) is 4.99 Å². The predicted octanol–water partition coefficient (Wildman–Crippen LogP) is 33.0. The average Bonchev–Trinajstić information content (AvgIpc) is 1.62. The van der Waals surface area contributed by atoms with Crippen LogP contribution in [0, 0.1) is 33.5 Å². The number of benzene rings is 4. The molecule has 4 heterocycles. The third kappa shape index (κ3) is 43.7. The maximum atomic E-state index is 13.7. The smallest absolute Gasteiger partial charge is 0.252 e. The number of anilines is 3. The number of carbonyl (C=O) groups excluding carboxylic acids is 4. The molecule has 4 aromatic carbocycles. The van der Waals surface area contributed by atoms with Gasteiger partial charge in [0, 0.05) is 63.1 Å². The van der Waals surface area contributed by atoms with Gasteiger partial charge in [-0.15, -0.1) is 0 Å². The summed E-state index contributed by atoms with van der Waals surface area (Å²) in [6.45, 7) is 114. The Morgan fingerprint density at radius 3 is 0.955 bits per heavy atom. The van der Waals surface area contributed by atoms with Crippen molar-refractivity contribution in [1.29, 1.82) is 0 Å². The van der Waals surface area contributed by atoms with Crippen molar-refractivity contribution in [2.75, 3.05) is 21.2 Å². The van der Waals surface area contributed by atoms with Crippen molar-refractivity contribution < 1.29 is 19.2 Å². The minimum atomic E-state index is -0.357. The number of hydrogen-bond donors (Lipinski definition) is 0. The highest BCUT2D eigenvalue weighted by atomic mass is 16.2. The van der Waals surface area contributed by atoms with Crippen molar-refractivity contribution in [2.24, 2.45) is 38.5 Å². The summed E-state index contributed by atoms with van der Waals surface area (Å²) in [7, 11) is 0. The second-order valence-corrected chi connectivity index (χ2v) is 31.6. The Morgan fingerprint density at radius 2 is 0.604 bits per heavy atom. The molecule has 0 N–H and O–H groups in total. The van der Waals surface area contributed by atoms with Crippen LogP contribution >= 0.6 is 0 Å². The molecule has 1 saturated heterocycles. The number of fused-ring (bicyclic) bond motifs is 5. The number of aliphatic imine (C=N–C) groups is 1. The zero-order chi connectivity index (χ0) is 91.4. The van der Waals surface area contributed by atoms with E-state index in [-0.39, 0.29) is 85.3 Å². The number of benzodiazepines with no additional fused rings is 1. The molecule has 0 spiro atoms. The van der Waals surface area contributed by atoms with Crippen LogP contribution in [0.4, 0.5) is 17.1 Å². The van der Waals surface area contributed by atoms with Gasteiger partial charge in [0.05, 0.1) is 17.3 Å². The van der Waals surface area contributed by atoms with Crippen LogP contribution in [0.2, 0.25) is 0 Å². The summed E-state index contributed by atoms with van der Waals surface area (Å²) in [6, 6.07) is 32.7. The number of likely N-dealkylation sites (tertiary alicyclic amines) is 1. The fraction of sp³-hybridized carbons (Fsp3) is 0.716. The molecule has 0 aromatic heterocycles. The summed E-state index contributed by atoms with van der Waals surface area (Å²) in [5.74, 6) is 1.00. The summed E-state index contributed by atoms with van der Waals surface area (Å²) in [5, 5.41) is 0. The molecule has 1 fully saturated rings. The van der Waals surface area contributed by atoms with Gasteiger partial charge in [0.25, 0.3) is 5.91 Å². The topological polar surface area (TPSA) is 93.6 Å². The number of hydrogen-bond acceptors (Lipinski definition) is 5. The number of aryl methyl sites for hydroxylation is 1. The molecule has 4 atom stereocenters. The van der Waals surface area contributed by atoms with Crippen LogP contribution in [-0.2, 0) is 25.6 Å².